The molecule has 2 aliphatic heterocycles. The molecule has 1 amide bonds. The number of carbonyl (C=O) groups is 2. The van der Waals surface area contributed by atoms with E-state index in [9.17, 15) is 24.9 Å². The molecule has 190 valence electrons. The molecule has 1 aromatic carbocycles. The molecule has 0 saturated carbocycles. The van der Waals surface area contributed by atoms with Gasteiger partial charge in [0.05, 0.1) is 16.8 Å². The number of likely N-dealkylation sites (tertiary alicyclic amines) is 1. The van der Waals surface area contributed by atoms with Crippen LogP contribution < -0.4 is 0 Å². The van der Waals surface area contributed by atoms with Gasteiger partial charge in [0, 0.05) is 32.0 Å². The van der Waals surface area contributed by atoms with Gasteiger partial charge in [-0.2, -0.15) is 0 Å². The number of hydrogen-bond donors (Lipinski definition) is 3. The first kappa shape index (κ1) is 26.6. The maximum absolute atomic E-state index is 12.9. The molecule has 0 aliphatic carbocycles. The number of esters is 1. The fourth-order valence-electron chi connectivity index (χ4n) is 3.92. The molecule has 2 heterocycles. The maximum Gasteiger partial charge on any atom is 0.342 e. The lowest BCUT2D eigenvalue weighted by Crippen LogP contribution is -2.37. The van der Waals surface area contributed by atoms with Gasteiger partial charge in [-0.25, -0.2) is 4.79 Å². The molecule has 10 heteroatoms. The number of rotatable bonds is 3. The number of oxime groups is 1. The highest BCUT2D eigenvalue weighted by Gasteiger charge is 2.26. The summed E-state index contributed by atoms with van der Waals surface area (Å²) in [5.74, 6) is -1.89. The highest BCUT2D eigenvalue weighted by molar-refractivity contribution is 6.33. The zero-order valence-corrected chi connectivity index (χ0v) is 20.4. The van der Waals surface area contributed by atoms with Crippen LogP contribution in [0.4, 0.5) is 0 Å². The van der Waals surface area contributed by atoms with E-state index in [0.717, 1.165) is 25.3 Å². The van der Waals surface area contributed by atoms with Crippen molar-refractivity contribution >= 4 is 29.2 Å². The normalized spacial score (nSPS) is 24.7. The number of ether oxygens (including phenoxy) is 1. The number of benzene rings is 1. The SMILES string of the molecule is C[C@@H]1C/C=C/C(O)C/C=C/C(=N/OCC(=O)N2CCCCC2)Cc2c(Cl)c(O)cc(O)c2C(=O)O1. The molecule has 1 aromatic rings. The summed E-state index contributed by atoms with van der Waals surface area (Å²) in [7, 11) is 0. The monoisotopic (exact) mass is 506 g/mol. The third-order valence-corrected chi connectivity index (χ3v) is 6.21. The van der Waals surface area contributed by atoms with Crippen molar-refractivity contribution in [2.45, 2.75) is 57.7 Å². The number of aliphatic hydroxyl groups excluding tert-OH is 1. The van der Waals surface area contributed by atoms with Crippen molar-refractivity contribution in [1.82, 2.24) is 4.90 Å². The van der Waals surface area contributed by atoms with Crippen molar-refractivity contribution in [1.29, 1.82) is 0 Å². The van der Waals surface area contributed by atoms with E-state index in [1.807, 2.05) is 0 Å². The Labute approximate surface area is 209 Å². The highest BCUT2D eigenvalue weighted by Crippen LogP contribution is 2.37. The molecule has 0 aromatic heterocycles. The molecule has 9 nitrogen and oxygen atoms in total. The average Bonchev–Trinajstić information content (AvgIpc) is 2.82. The molecule has 2 atom stereocenters. The number of phenolic OH excluding ortho intramolecular Hbond substituents is 2. The molecule has 1 unspecified atom stereocenters. The van der Waals surface area contributed by atoms with Gasteiger partial charge in [-0.1, -0.05) is 35.0 Å². The number of carbonyl (C=O) groups excluding carboxylic acids is 2. The van der Waals surface area contributed by atoms with Crippen LogP contribution in [0.2, 0.25) is 5.02 Å². The molecule has 3 N–H and O–H groups in total. The summed E-state index contributed by atoms with van der Waals surface area (Å²) in [6.45, 7) is 2.80. The van der Waals surface area contributed by atoms with Crippen LogP contribution in [0.15, 0.2) is 35.5 Å². The lowest BCUT2D eigenvalue weighted by atomic mass is 9.99. The zero-order chi connectivity index (χ0) is 25.4. The Morgan fingerprint density at radius 3 is 2.69 bits per heavy atom. The fraction of sp³-hybridized carbons (Fsp3) is 0.480. The van der Waals surface area contributed by atoms with Crippen molar-refractivity contribution < 1.29 is 34.5 Å². The molecule has 35 heavy (non-hydrogen) atoms. The third kappa shape index (κ3) is 7.47. The Bertz CT molecular complexity index is 1020. The van der Waals surface area contributed by atoms with E-state index >= 15 is 0 Å². The van der Waals surface area contributed by atoms with Crippen molar-refractivity contribution in [3.8, 4) is 11.5 Å². The summed E-state index contributed by atoms with van der Waals surface area (Å²) in [6, 6.07) is 0.979. The van der Waals surface area contributed by atoms with E-state index in [2.05, 4.69) is 5.16 Å². The first-order chi connectivity index (χ1) is 16.8. The molecular formula is C25H31ClN2O7. The molecule has 3 rings (SSSR count). The van der Waals surface area contributed by atoms with Gasteiger partial charge in [0.25, 0.3) is 5.91 Å². The lowest BCUT2D eigenvalue weighted by molar-refractivity contribution is -0.137. The van der Waals surface area contributed by atoms with Crippen molar-refractivity contribution in [2.75, 3.05) is 19.7 Å². The quantitative estimate of drug-likeness (QED) is 0.325. The summed E-state index contributed by atoms with van der Waals surface area (Å²) in [4.78, 5) is 32.3. The summed E-state index contributed by atoms with van der Waals surface area (Å²) in [5.41, 5.74) is 0.175. The van der Waals surface area contributed by atoms with Gasteiger partial charge in [0.1, 0.15) is 23.2 Å². The van der Waals surface area contributed by atoms with Gasteiger partial charge in [0.2, 0.25) is 0 Å². The summed E-state index contributed by atoms with van der Waals surface area (Å²) < 4.78 is 5.44. The number of hydrogen-bond acceptors (Lipinski definition) is 8. The number of halogens is 1. The second-order valence-corrected chi connectivity index (χ2v) is 9.02. The summed E-state index contributed by atoms with van der Waals surface area (Å²) in [6.07, 6.45) is 8.79. The lowest BCUT2D eigenvalue weighted by Gasteiger charge is -2.26. The van der Waals surface area contributed by atoms with Gasteiger partial charge < -0.3 is 29.8 Å². The smallest absolute Gasteiger partial charge is 0.342 e. The van der Waals surface area contributed by atoms with Crippen molar-refractivity contribution in [3.05, 3.63) is 46.5 Å². The Morgan fingerprint density at radius 2 is 1.94 bits per heavy atom. The largest absolute Gasteiger partial charge is 0.507 e. The van der Waals surface area contributed by atoms with Gasteiger partial charge in [-0.15, -0.1) is 0 Å². The highest BCUT2D eigenvalue weighted by atomic mass is 35.5. The van der Waals surface area contributed by atoms with E-state index in [1.165, 1.54) is 0 Å². The van der Waals surface area contributed by atoms with Crippen molar-refractivity contribution in [3.63, 3.8) is 0 Å². The van der Waals surface area contributed by atoms with Gasteiger partial charge in [-0.05, 0) is 44.2 Å². The van der Waals surface area contributed by atoms with Crippen LogP contribution >= 0.6 is 11.6 Å². The first-order valence-electron chi connectivity index (χ1n) is 11.7. The Balaban J connectivity index is 1.91. The van der Waals surface area contributed by atoms with E-state index in [1.54, 1.807) is 36.1 Å². The molecule has 2 aliphatic rings. The van der Waals surface area contributed by atoms with Crippen molar-refractivity contribution in [2.24, 2.45) is 5.16 Å². The number of fused-ring (bicyclic) bond motifs is 1. The minimum Gasteiger partial charge on any atom is -0.507 e. The Morgan fingerprint density at radius 1 is 1.20 bits per heavy atom. The minimum atomic E-state index is -0.817. The standard InChI is InChI=1S/C25H31ClN2O7/c1-16-7-5-9-18(29)10-6-8-17(27-34-15-22(32)28-11-3-2-4-12-28)13-19-23(25(33)35-16)20(30)14-21(31)24(19)26/h5-6,8-9,14,16,18,29-31H,2-4,7,10-13,15H2,1H3/b8-6+,9-5+,27-17-/t16-,18?/m1/s1. The van der Waals surface area contributed by atoms with Crippen LogP contribution in [0.5, 0.6) is 11.5 Å². The molecule has 0 bridgehead atoms. The number of aromatic hydroxyl groups is 2. The van der Waals surface area contributed by atoms with Crippen LogP contribution in [-0.4, -0.2) is 69.7 Å². The average molecular weight is 507 g/mol. The summed E-state index contributed by atoms with van der Waals surface area (Å²) >= 11 is 6.31. The number of allylic oxidation sites excluding steroid dienone is 1. The van der Waals surface area contributed by atoms with Gasteiger partial charge in [0.15, 0.2) is 6.61 Å². The maximum atomic E-state index is 12.9. The van der Waals surface area contributed by atoms with E-state index < -0.39 is 29.7 Å². The predicted molar refractivity (Wildman–Crippen MR) is 131 cm³/mol. The number of cyclic esters (lactones) is 1. The van der Waals surface area contributed by atoms with Crippen LogP contribution in [0.3, 0.4) is 0 Å². The predicted octanol–water partition coefficient (Wildman–Crippen LogP) is 3.49. The Hall–Kier alpha value is -3.04. The molecule has 0 radical (unpaired) electrons. The first-order valence-corrected chi connectivity index (χ1v) is 12.1. The van der Waals surface area contributed by atoms with Crippen LogP contribution in [0.1, 0.15) is 54.9 Å². The molecule has 1 saturated heterocycles. The molecular weight excluding hydrogens is 476 g/mol. The van der Waals surface area contributed by atoms with Crippen LogP contribution in [-0.2, 0) is 20.8 Å². The number of phenols is 2. The number of aliphatic hydroxyl groups is 1. The second-order valence-electron chi connectivity index (χ2n) is 8.64. The van der Waals surface area contributed by atoms with Crippen LogP contribution in [0, 0.1) is 0 Å². The van der Waals surface area contributed by atoms with E-state index in [0.29, 0.717) is 19.5 Å². The second kappa shape index (κ2) is 12.6. The molecule has 1 fully saturated rings. The third-order valence-electron chi connectivity index (χ3n) is 5.78. The van der Waals surface area contributed by atoms with E-state index in [-0.39, 0.29) is 47.2 Å². The molecule has 0 spiro atoms. The number of piperidine rings is 1. The van der Waals surface area contributed by atoms with Gasteiger partial charge in [-0.3, -0.25) is 4.79 Å². The van der Waals surface area contributed by atoms with Gasteiger partial charge >= 0.3 is 5.97 Å². The topological polar surface area (TPSA) is 129 Å². The van der Waals surface area contributed by atoms with E-state index in [4.69, 9.17) is 21.2 Å². The zero-order valence-electron chi connectivity index (χ0n) is 19.7. The van der Waals surface area contributed by atoms with Crippen LogP contribution in [0.25, 0.3) is 0 Å². The number of nitrogens with zero attached hydrogens (tertiary/aromatic N) is 2. The minimum absolute atomic E-state index is 0.101. The fourth-order valence-corrected chi connectivity index (χ4v) is 4.14. The Kier molecular flexibility index (Phi) is 9.56. The number of amides is 1. The summed E-state index contributed by atoms with van der Waals surface area (Å²) in [5, 5.41) is 34.7.